The normalized spacial score (nSPS) is 12.3. The highest BCUT2D eigenvalue weighted by Gasteiger charge is 2.11. The van der Waals surface area contributed by atoms with Crippen LogP contribution in [0.1, 0.15) is 20.3 Å². The van der Waals surface area contributed by atoms with Gasteiger partial charge in [0.2, 0.25) is 11.8 Å². The van der Waals surface area contributed by atoms with Gasteiger partial charge in [0.1, 0.15) is 5.82 Å². The van der Waals surface area contributed by atoms with Crippen molar-refractivity contribution in [1.82, 2.24) is 9.97 Å². The van der Waals surface area contributed by atoms with Gasteiger partial charge in [-0.25, -0.2) is 0 Å². The van der Waals surface area contributed by atoms with Crippen LogP contribution in [-0.4, -0.2) is 30.2 Å². The molecular weight excluding hydrogens is 192 g/mol. The van der Waals surface area contributed by atoms with Crippen LogP contribution in [0.15, 0.2) is 6.07 Å². The molecule has 5 nitrogen and oxygen atoms in total. The number of nitrogens with two attached hydrogens (primary N) is 1. The van der Waals surface area contributed by atoms with Crippen molar-refractivity contribution in [2.75, 3.05) is 24.8 Å². The van der Waals surface area contributed by atoms with Crippen molar-refractivity contribution in [3.63, 3.8) is 0 Å². The molecule has 0 aliphatic carbocycles. The number of aromatic nitrogens is 2. The minimum atomic E-state index is 0.236. The van der Waals surface area contributed by atoms with E-state index in [9.17, 15) is 0 Å². The van der Waals surface area contributed by atoms with Crippen molar-refractivity contribution in [2.24, 2.45) is 0 Å². The summed E-state index contributed by atoms with van der Waals surface area (Å²) in [6.07, 6.45) is 1.04. The van der Waals surface area contributed by atoms with Crippen molar-refractivity contribution in [1.29, 1.82) is 0 Å². The molecular formula is C10H18N4O. The lowest BCUT2D eigenvalue weighted by Gasteiger charge is -2.25. The Morgan fingerprint density at radius 3 is 2.73 bits per heavy atom. The number of hydrogen-bond acceptors (Lipinski definition) is 5. The minimum Gasteiger partial charge on any atom is -0.481 e. The Labute approximate surface area is 90.3 Å². The molecule has 0 aliphatic rings. The lowest BCUT2D eigenvalue weighted by Crippen LogP contribution is -2.29. The quantitative estimate of drug-likeness (QED) is 0.811. The summed E-state index contributed by atoms with van der Waals surface area (Å²) in [4.78, 5) is 10.2. The van der Waals surface area contributed by atoms with E-state index in [2.05, 4.69) is 28.7 Å². The second-order valence-corrected chi connectivity index (χ2v) is 3.49. The van der Waals surface area contributed by atoms with Gasteiger partial charge in [-0.2, -0.15) is 9.97 Å². The molecule has 1 heterocycles. The van der Waals surface area contributed by atoms with E-state index >= 15 is 0 Å². The fraction of sp³-hybridized carbons (Fsp3) is 0.600. The van der Waals surface area contributed by atoms with Gasteiger partial charge in [-0.3, -0.25) is 0 Å². The summed E-state index contributed by atoms with van der Waals surface area (Å²) in [6.45, 7) is 4.26. The molecule has 0 saturated carbocycles. The standard InChI is InChI=1S/C10H18N4O/c1-5-7(2)14(3)8-6-9(15-4)13-10(11)12-8/h6-7H,5H2,1-4H3,(H2,11,12,13). The molecule has 5 heteroatoms. The topological polar surface area (TPSA) is 64.3 Å². The van der Waals surface area contributed by atoms with Gasteiger partial charge in [-0.1, -0.05) is 6.92 Å². The average Bonchev–Trinajstić information content (AvgIpc) is 2.26. The summed E-state index contributed by atoms with van der Waals surface area (Å²) in [6, 6.07) is 2.19. The largest absolute Gasteiger partial charge is 0.481 e. The SMILES string of the molecule is CCC(C)N(C)c1cc(OC)nc(N)n1. The molecule has 0 fully saturated rings. The number of methoxy groups -OCH3 is 1. The number of hydrogen-bond donors (Lipinski definition) is 1. The number of anilines is 2. The summed E-state index contributed by atoms with van der Waals surface area (Å²) in [7, 11) is 3.55. The van der Waals surface area contributed by atoms with Gasteiger partial charge in [0, 0.05) is 19.2 Å². The van der Waals surface area contributed by atoms with E-state index in [0.29, 0.717) is 11.9 Å². The molecule has 2 N–H and O–H groups in total. The lowest BCUT2D eigenvalue weighted by molar-refractivity contribution is 0.397. The van der Waals surface area contributed by atoms with Crippen molar-refractivity contribution >= 4 is 11.8 Å². The highest BCUT2D eigenvalue weighted by molar-refractivity contribution is 5.45. The first-order valence-electron chi connectivity index (χ1n) is 4.99. The van der Waals surface area contributed by atoms with E-state index < -0.39 is 0 Å². The molecule has 0 spiro atoms. The maximum Gasteiger partial charge on any atom is 0.225 e. The Morgan fingerprint density at radius 2 is 2.20 bits per heavy atom. The molecule has 15 heavy (non-hydrogen) atoms. The van der Waals surface area contributed by atoms with E-state index in [0.717, 1.165) is 12.2 Å². The predicted molar refractivity (Wildman–Crippen MR) is 61.2 cm³/mol. The molecule has 1 rings (SSSR count). The predicted octanol–water partition coefficient (Wildman–Crippen LogP) is 1.30. The molecule has 1 atom stereocenters. The summed E-state index contributed by atoms with van der Waals surface area (Å²) < 4.78 is 5.04. The molecule has 0 radical (unpaired) electrons. The van der Waals surface area contributed by atoms with E-state index in [-0.39, 0.29) is 5.95 Å². The Morgan fingerprint density at radius 1 is 1.53 bits per heavy atom. The van der Waals surface area contributed by atoms with Crippen molar-refractivity contribution in [3.8, 4) is 5.88 Å². The Bertz CT molecular complexity index is 329. The molecule has 1 aromatic rings. The lowest BCUT2D eigenvalue weighted by atomic mass is 10.2. The number of rotatable bonds is 4. The third-order valence-electron chi connectivity index (χ3n) is 2.53. The summed E-state index contributed by atoms with van der Waals surface area (Å²) in [5.41, 5.74) is 5.59. The maximum absolute atomic E-state index is 5.59. The van der Waals surface area contributed by atoms with Crippen LogP contribution >= 0.6 is 0 Å². The second-order valence-electron chi connectivity index (χ2n) is 3.49. The molecule has 0 aromatic carbocycles. The zero-order chi connectivity index (χ0) is 11.4. The molecule has 0 amide bonds. The van der Waals surface area contributed by atoms with Gasteiger partial charge >= 0.3 is 0 Å². The van der Waals surface area contributed by atoms with Crippen molar-refractivity contribution in [2.45, 2.75) is 26.3 Å². The highest BCUT2D eigenvalue weighted by atomic mass is 16.5. The first-order valence-corrected chi connectivity index (χ1v) is 4.99. The van der Waals surface area contributed by atoms with Crippen LogP contribution in [0, 0.1) is 0 Å². The molecule has 84 valence electrons. The van der Waals surface area contributed by atoms with Crippen LogP contribution in [0.2, 0.25) is 0 Å². The van der Waals surface area contributed by atoms with Gasteiger partial charge in [0.25, 0.3) is 0 Å². The van der Waals surface area contributed by atoms with Gasteiger partial charge in [0.15, 0.2) is 0 Å². The van der Waals surface area contributed by atoms with Gasteiger partial charge < -0.3 is 15.4 Å². The molecule has 1 aromatic heterocycles. The zero-order valence-electron chi connectivity index (χ0n) is 9.69. The number of nitrogen functional groups attached to an aromatic ring is 1. The van der Waals surface area contributed by atoms with E-state index in [1.54, 1.807) is 13.2 Å². The summed E-state index contributed by atoms with van der Waals surface area (Å²) in [5, 5.41) is 0. The van der Waals surface area contributed by atoms with Gasteiger partial charge in [-0.15, -0.1) is 0 Å². The third-order valence-corrected chi connectivity index (χ3v) is 2.53. The Kier molecular flexibility index (Phi) is 3.71. The summed E-state index contributed by atoms with van der Waals surface area (Å²) >= 11 is 0. The molecule has 1 unspecified atom stereocenters. The summed E-state index contributed by atoms with van der Waals surface area (Å²) in [5.74, 6) is 1.51. The average molecular weight is 210 g/mol. The minimum absolute atomic E-state index is 0.236. The van der Waals surface area contributed by atoms with Crippen molar-refractivity contribution < 1.29 is 4.74 Å². The molecule has 0 aliphatic heterocycles. The number of ether oxygens (including phenoxy) is 1. The van der Waals surface area contributed by atoms with Crippen LogP contribution in [0.4, 0.5) is 11.8 Å². The first kappa shape index (κ1) is 11.6. The molecule has 0 saturated heterocycles. The van der Waals surface area contributed by atoms with Crippen LogP contribution in [-0.2, 0) is 0 Å². The van der Waals surface area contributed by atoms with E-state index in [1.165, 1.54) is 0 Å². The fourth-order valence-electron chi connectivity index (χ4n) is 1.22. The third kappa shape index (κ3) is 2.71. The van der Waals surface area contributed by atoms with E-state index in [4.69, 9.17) is 10.5 Å². The fourth-order valence-corrected chi connectivity index (χ4v) is 1.22. The van der Waals surface area contributed by atoms with Crippen LogP contribution in [0.3, 0.4) is 0 Å². The van der Waals surface area contributed by atoms with Gasteiger partial charge in [-0.05, 0) is 13.3 Å². The monoisotopic (exact) mass is 210 g/mol. The molecule has 0 bridgehead atoms. The van der Waals surface area contributed by atoms with Crippen LogP contribution < -0.4 is 15.4 Å². The number of nitrogens with zero attached hydrogens (tertiary/aromatic N) is 3. The van der Waals surface area contributed by atoms with E-state index in [1.807, 2.05) is 7.05 Å². The second kappa shape index (κ2) is 4.82. The van der Waals surface area contributed by atoms with Crippen LogP contribution in [0.25, 0.3) is 0 Å². The van der Waals surface area contributed by atoms with Crippen LogP contribution in [0.5, 0.6) is 5.88 Å². The van der Waals surface area contributed by atoms with Gasteiger partial charge in [0.05, 0.1) is 7.11 Å². The highest BCUT2D eigenvalue weighted by Crippen LogP contribution is 2.19. The Hall–Kier alpha value is -1.52. The first-order chi connectivity index (χ1) is 7.08. The smallest absolute Gasteiger partial charge is 0.225 e. The zero-order valence-corrected chi connectivity index (χ0v) is 9.69. The maximum atomic E-state index is 5.59. The Balaban J connectivity index is 2.97. The van der Waals surface area contributed by atoms with Crippen molar-refractivity contribution in [3.05, 3.63) is 6.07 Å².